The van der Waals surface area contributed by atoms with Crippen LogP contribution in [0.25, 0.3) is 0 Å². The van der Waals surface area contributed by atoms with Gasteiger partial charge in [0.25, 0.3) is 0 Å². The van der Waals surface area contributed by atoms with E-state index >= 15 is 0 Å². The van der Waals surface area contributed by atoms with Crippen LogP contribution in [-0.2, 0) is 6.42 Å². The fraction of sp³-hybridized carbons (Fsp3) is 0.286. The molecule has 2 aromatic rings. The molecule has 17 heavy (non-hydrogen) atoms. The van der Waals surface area contributed by atoms with Gasteiger partial charge in [-0.1, -0.05) is 24.3 Å². The molecule has 1 unspecified atom stereocenters. The molecule has 1 aromatic carbocycles. The molecule has 0 radical (unpaired) electrons. The molecular weight excluding hydrogens is 212 g/mol. The van der Waals surface area contributed by atoms with Crippen LogP contribution in [0.1, 0.15) is 28.7 Å². The van der Waals surface area contributed by atoms with E-state index in [2.05, 4.69) is 24.5 Å². The molecule has 1 atom stereocenters. The van der Waals surface area contributed by atoms with Crippen molar-refractivity contribution in [2.24, 2.45) is 5.84 Å². The Hall–Kier alpha value is -1.58. The fourth-order valence-electron chi connectivity index (χ4n) is 1.94. The molecule has 0 aliphatic carbocycles. The Kier molecular flexibility index (Phi) is 3.61. The number of hydrogen-bond acceptors (Lipinski definition) is 3. The minimum atomic E-state index is 0.0183. The molecule has 1 aromatic heterocycles. The van der Waals surface area contributed by atoms with Crippen LogP contribution in [0, 0.1) is 13.8 Å². The van der Waals surface area contributed by atoms with Gasteiger partial charge in [-0.3, -0.25) is 5.84 Å². The number of nitrogens with two attached hydrogens (primary N) is 1. The van der Waals surface area contributed by atoms with Gasteiger partial charge in [0.1, 0.15) is 11.5 Å². The van der Waals surface area contributed by atoms with E-state index in [-0.39, 0.29) is 6.04 Å². The molecule has 1 heterocycles. The standard InChI is InChI=1S/C14H18N2O/c1-10-5-3-4-6-12(10)9-13(16-15)14-8-7-11(2)17-14/h3-8,13,16H,9,15H2,1-2H3. The van der Waals surface area contributed by atoms with Crippen molar-refractivity contribution >= 4 is 0 Å². The van der Waals surface area contributed by atoms with E-state index in [1.54, 1.807) is 0 Å². The maximum absolute atomic E-state index is 5.61. The highest BCUT2D eigenvalue weighted by atomic mass is 16.3. The van der Waals surface area contributed by atoms with Gasteiger partial charge >= 0.3 is 0 Å². The van der Waals surface area contributed by atoms with E-state index in [0.717, 1.165) is 17.9 Å². The Morgan fingerprint density at radius 2 is 1.94 bits per heavy atom. The predicted molar refractivity (Wildman–Crippen MR) is 68.4 cm³/mol. The van der Waals surface area contributed by atoms with Gasteiger partial charge in [0.15, 0.2) is 0 Å². The Bertz CT molecular complexity index is 490. The van der Waals surface area contributed by atoms with Crippen LogP contribution in [0.5, 0.6) is 0 Å². The topological polar surface area (TPSA) is 51.2 Å². The SMILES string of the molecule is Cc1ccc(C(Cc2ccccc2C)NN)o1. The van der Waals surface area contributed by atoms with Gasteiger partial charge in [0.2, 0.25) is 0 Å². The summed E-state index contributed by atoms with van der Waals surface area (Å²) in [6, 6.07) is 12.3. The Labute approximate surface area is 102 Å². The molecule has 3 nitrogen and oxygen atoms in total. The number of hydrazine groups is 1. The van der Waals surface area contributed by atoms with Crippen molar-refractivity contribution < 1.29 is 4.42 Å². The highest BCUT2D eigenvalue weighted by molar-refractivity contribution is 5.27. The van der Waals surface area contributed by atoms with Gasteiger partial charge < -0.3 is 4.42 Å². The molecule has 3 heteroatoms. The monoisotopic (exact) mass is 230 g/mol. The lowest BCUT2D eigenvalue weighted by molar-refractivity contribution is 0.402. The zero-order valence-electron chi connectivity index (χ0n) is 10.2. The average molecular weight is 230 g/mol. The number of nitrogens with one attached hydrogen (secondary N) is 1. The maximum Gasteiger partial charge on any atom is 0.122 e. The lowest BCUT2D eigenvalue weighted by atomic mass is 10.0. The Balaban J connectivity index is 2.18. The number of aryl methyl sites for hydroxylation is 2. The summed E-state index contributed by atoms with van der Waals surface area (Å²) in [7, 11) is 0. The first-order valence-electron chi connectivity index (χ1n) is 5.77. The van der Waals surface area contributed by atoms with Crippen molar-refractivity contribution in [3.63, 3.8) is 0 Å². The molecule has 0 spiro atoms. The quantitative estimate of drug-likeness (QED) is 0.627. The van der Waals surface area contributed by atoms with Gasteiger partial charge in [-0.05, 0) is 43.5 Å². The molecule has 0 saturated carbocycles. The number of furan rings is 1. The second-order valence-electron chi connectivity index (χ2n) is 4.30. The second-order valence-corrected chi connectivity index (χ2v) is 4.30. The van der Waals surface area contributed by atoms with E-state index in [9.17, 15) is 0 Å². The normalized spacial score (nSPS) is 12.6. The molecule has 0 saturated heterocycles. The first kappa shape index (κ1) is 11.9. The zero-order valence-corrected chi connectivity index (χ0v) is 10.2. The first-order chi connectivity index (χ1) is 8.20. The van der Waals surface area contributed by atoms with Crippen molar-refractivity contribution in [1.29, 1.82) is 0 Å². The molecule has 0 aliphatic rings. The minimum absolute atomic E-state index is 0.0183. The van der Waals surface area contributed by atoms with Crippen molar-refractivity contribution in [1.82, 2.24) is 5.43 Å². The predicted octanol–water partition coefficient (Wildman–Crippen LogP) is 2.64. The van der Waals surface area contributed by atoms with Gasteiger partial charge in [-0.2, -0.15) is 0 Å². The van der Waals surface area contributed by atoms with Crippen molar-refractivity contribution in [3.05, 3.63) is 59.0 Å². The lowest BCUT2D eigenvalue weighted by Crippen LogP contribution is -2.29. The van der Waals surface area contributed by atoms with Crippen LogP contribution in [0.15, 0.2) is 40.8 Å². The van der Waals surface area contributed by atoms with Crippen molar-refractivity contribution in [2.45, 2.75) is 26.3 Å². The Morgan fingerprint density at radius 3 is 2.53 bits per heavy atom. The van der Waals surface area contributed by atoms with Crippen LogP contribution in [0.3, 0.4) is 0 Å². The van der Waals surface area contributed by atoms with E-state index in [1.165, 1.54) is 11.1 Å². The summed E-state index contributed by atoms with van der Waals surface area (Å²) in [5.41, 5.74) is 5.37. The number of rotatable bonds is 4. The first-order valence-corrected chi connectivity index (χ1v) is 5.77. The van der Waals surface area contributed by atoms with Gasteiger partial charge in [0.05, 0.1) is 6.04 Å². The van der Waals surface area contributed by atoms with E-state index in [0.29, 0.717) is 0 Å². The molecule has 0 aliphatic heterocycles. The summed E-state index contributed by atoms with van der Waals surface area (Å²) in [6.07, 6.45) is 0.829. The van der Waals surface area contributed by atoms with E-state index in [1.807, 2.05) is 31.2 Å². The zero-order chi connectivity index (χ0) is 12.3. The molecule has 3 N–H and O–H groups in total. The second kappa shape index (κ2) is 5.17. The van der Waals surface area contributed by atoms with E-state index < -0.39 is 0 Å². The third-order valence-electron chi connectivity index (χ3n) is 2.99. The summed E-state index contributed by atoms with van der Waals surface area (Å²) in [5.74, 6) is 7.39. The molecule has 0 bridgehead atoms. The summed E-state index contributed by atoms with van der Waals surface area (Å²) >= 11 is 0. The molecule has 2 rings (SSSR count). The van der Waals surface area contributed by atoms with Crippen LogP contribution in [0.4, 0.5) is 0 Å². The summed E-state index contributed by atoms with van der Waals surface area (Å²) in [4.78, 5) is 0. The number of benzene rings is 1. The molecular formula is C14H18N2O. The fourth-order valence-corrected chi connectivity index (χ4v) is 1.94. The van der Waals surface area contributed by atoms with Crippen LogP contribution in [-0.4, -0.2) is 0 Å². The summed E-state index contributed by atoms with van der Waals surface area (Å²) < 4.78 is 5.61. The third kappa shape index (κ3) is 2.75. The largest absolute Gasteiger partial charge is 0.465 e. The van der Waals surface area contributed by atoms with Crippen LogP contribution in [0.2, 0.25) is 0 Å². The number of hydrogen-bond donors (Lipinski definition) is 2. The van der Waals surface area contributed by atoms with Crippen LogP contribution >= 0.6 is 0 Å². The average Bonchev–Trinajstić information content (AvgIpc) is 2.75. The van der Waals surface area contributed by atoms with Crippen LogP contribution < -0.4 is 11.3 Å². The van der Waals surface area contributed by atoms with Gasteiger partial charge in [-0.25, -0.2) is 5.43 Å². The molecule has 90 valence electrons. The smallest absolute Gasteiger partial charge is 0.122 e. The summed E-state index contributed by atoms with van der Waals surface area (Å²) in [5, 5.41) is 0. The highest BCUT2D eigenvalue weighted by Gasteiger charge is 2.14. The third-order valence-corrected chi connectivity index (χ3v) is 2.99. The minimum Gasteiger partial charge on any atom is -0.465 e. The van der Waals surface area contributed by atoms with Crippen molar-refractivity contribution in [2.75, 3.05) is 0 Å². The van der Waals surface area contributed by atoms with Gasteiger partial charge in [-0.15, -0.1) is 0 Å². The van der Waals surface area contributed by atoms with E-state index in [4.69, 9.17) is 10.3 Å². The Morgan fingerprint density at radius 1 is 1.18 bits per heavy atom. The maximum atomic E-state index is 5.61. The van der Waals surface area contributed by atoms with Gasteiger partial charge in [0, 0.05) is 0 Å². The van der Waals surface area contributed by atoms with Crippen molar-refractivity contribution in [3.8, 4) is 0 Å². The molecule has 0 fully saturated rings. The summed E-state index contributed by atoms with van der Waals surface area (Å²) in [6.45, 7) is 4.04. The molecule has 0 amide bonds. The lowest BCUT2D eigenvalue weighted by Gasteiger charge is -2.14. The highest BCUT2D eigenvalue weighted by Crippen LogP contribution is 2.21.